The highest BCUT2D eigenvalue weighted by molar-refractivity contribution is 6.30. The summed E-state index contributed by atoms with van der Waals surface area (Å²) in [5, 5.41) is 0. The Labute approximate surface area is 109 Å². The monoisotopic (exact) mass is 267 g/mol. The van der Waals surface area contributed by atoms with Crippen LogP contribution in [0.4, 0.5) is 0 Å². The third-order valence-corrected chi connectivity index (χ3v) is 2.90. The molecule has 0 aliphatic heterocycles. The molecule has 0 spiro atoms. The number of carbonyl (C=O) groups is 1. The van der Waals surface area contributed by atoms with Gasteiger partial charge in [-0.15, -0.1) is 11.6 Å². The summed E-state index contributed by atoms with van der Waals surface area (Å²) < 4.78 is 6.73. The van der Waals surface area contributed by atoms with Crippen LogP contribution in [0.25, 0.3) is 11.1 Å². The van der Waals surface area contributed by atoms with Crippen LogP contribution in [-0.4, -0.2) is 16.2 Å². The number of nitrogens with zero attached hydrogens (tertiary/aromatic N) is 1. The number of oxazole rings is 1. The SMILES string of the molecule is CC(C)Cn1c(=O)oc2cc(C(=O)CCl)ccc21. The average molecular weight is 268 g/mol. The van der Waals surface area contributed by atoms with Gasteiger partial charge in [0.2, 0.25) is 0 Å². The molecule has 0 fully saturated rings. The van der Waals surface area contributed by atoms with Crippen molar-refractivity contribution >= 4 is 28.5 Å². The quantitative estimate of drug-likeness (QED) is 0.632. The number of fused-ring (bicyclic) bond motifs is 1. The predicted molar refractivity (Wildman–Crippen MR) is 70.4 cm³/mol. The molecule has 1 aromatic heterocycles. The summed E-state index contributed by atoms with van der Waals surface area (Å²) >= 11 is 5.50. The van der Waals surface area contributed by atoms with Gasteiger partial charge in [0.05, 0.1) is 11.4 Å². The first kappa shape index (κ1) is 12.9. The normalized spacial score (nSPS) is 11.3. The number of hydrogen-bond acceptors (Lipinski definition) is 3. The molecule has 0 bridgehead atoms. The van der Waals surface area contributed by atoms with Crippen molar-refractivity contribution in [1.82, 2.24) is 4.57 Å². The Morgan fingerprint density at radius 3 is 2.78 bits per heavy atom. The van der Waals surface area contributed by atoms with E-state index in [2.05, 4.69) is 0 Å². The molecule has 0 N–H and O–H groups in total. The number of hydrogen-bond donors (Lipinski definition) is 0. The van der Waals surface area contributed by atoms with Crippen molar-refractivity contribution in [2.24, 2.45) is 5.92 Å². The molecule has 0 aliphatic rings. The number of alkyl halides is 1. The summed E-state index contributed by atoms with van der Waals surface area (Å²) in [5.41, 5.74) is 1.60. The largest absolute Gasteiger partial charge is 0.419 e. The van der Waals surface area contributed by atoms with Crippen LogP contribution in [0.2, 0.25) is 0 Å². The van der Waals surface area contributed by atoms with Crippen molar-refractivity contribution in [1.29, 1.82) is 0 Å². The molecule has 1 aromatic carbocycles. The Balaban J connectivity index is 2.54. The van der Waals surface area contributed by atoms with Crippen LogP contribution < -0.4 is 5.76 Å². The number of Topliss-reactive ketones (excluding diaryl/α,β-unsaturated/α-hetero) is 1. The van der Waals surface area contributed by atoms with Gasteiger partial charge in [-0.05, 0) is 24.1 Å². The van der Waals surface area contributed by atoms with Gasteiger partial charge in [-0.25, -0.2) is 4.79 Å². The van der Waals surface area contributed by atoms with Crippen molar-refractivity contribution < 1.29 is 9.21 Å². The number of benzene rings is 1. The maximum Gasteiger partial charge on any atom is 0.419 e. The second kappa shape index (κ2) is 4.98. The second-order valence-corrected chi connectivity index (χ2v) is 4.88. The molecule has 0 atom stereocenters. The summed E-state index contributed by atoms with van der Waals surface area (Å²) in [5.74, 6) is -0.317. The van der Waals surface area contributed by atoms with E-state index in [0.29, 0.717) is 29.1 Å². The molecular weight excluding hydrogens is 254 g/mol. The first-order valence-electron chi connectivity index (χ1n) is 5.75. The molecule has 0 aliphatic carbocycles. The minimum atomic E-state index is -0.394. The molecule has 4 nitrogen and oxygen atoms in total. The van der Waals surface area contributed by atoms with Gasteiger partial charge in [0, 0.05) is 12.1 Å². The fourth-order valence-corrected chi connectivity index (χ4v) is 2.01. The standard InChI is InChI=1S/C13H14ClNO3/c1-8(2)7-15-10-4-3-9(11(16)6-14)5-12(10)18-13(15)17/h3-5,8H,6-7H2,1-2H3. The van der Waals surface area contributed by atoms with Gasteiger partial charge in [0.25, 0.3) is 0 Å². The Morgan fingerprint density at radius 1 is 1.44 bits per heavy atom. The summed E-state index contributed by atoms with van der Waals surface area (Å²) in [6.07, 6.45) is 0. The molecule has 2 rings (SSSR count). The van der Waals surface area contributed by atoms with E-state index in [1.807, 2.05) is 13.8 Å². The van der Waals surface area contributed by atoms with Gasteiger partial charge in [0.1, 0.15) is 0 Å². The summed E-state index contributed by atoms with van der Waals surface area (Å²) in [4.78, 5) is 23.2. The van der Waals surface area contributed by atoms with Crippen LogP contribution in [0, 0.1) is 5.92 Å². The molecule has 96 valence electrons. The number of ketones is 1. The smallest absolute Gasteiger partial charge is 0.408 e. The van der Waals surface area contributed by atoms with Crippen LogP contribution in [0.15, 0.2) is 27.4 Å². The lowest BCUT2D eigenvalue weighted by molar-refractivity contribution is 0.102. The van der Waals surface area contributed by atoms with Crippen molar-refractivity contribution in [3.63, 3.8) is 0 Å². The maximum atomic E-state index is 11.7. The second-order valence-electron chi connectivity index (χ2n) is 4.61. The van der Waals surface area contributed by atoms with Crippen LogP contribution in [-0.2, 0) is 6.54 Å². The zero-order chi connectivity index (χ0) is 13.3. The first-order valence-corrected chi connectivity index (χ1v) is 6.29. The van der Waals surface area contributed by atoms with Crippen molar-refractivity contribution in [3.8, 4) is 0 Å². The van der Waals surface area contributed by atoms with Gasteiger partial charge in [-0.3, -0.25) is 9.36 Å². The summed E-state index contributed by atoms with van der Waals surface area (Å²) in [6.45, 7) is 4.64. The molecular formula is C13H14ClNO3. The number of aromatic nitrogens is 1. The zero-order valence-corrected chi connectivity index (χ0v) is 11.0. The van der Waals surface area contributed by atoms with Gasteiger partial charge >= 0.3 is 5.76 Å². The van der Waals surface area contributed by atoms with Crippen LogP contribution in [0.1, 0.15) is 24.2 Å². The van der Waals surface area contributed by atoms with E-state index in [4.69, 9.17) is 16.0 Å². The summed E-state index contributed by atoms with van der Waals surface area (Å²) in [7, 11) is 0. The fraction of sp³-hybridized carbons (Fsp3) is 0.385. The molecule has 1 heterocycles. The molecule has 0 saturated heterocycles. The minimum absolute atomic E-state index is 0.0809. The molecule has 5 heteroatoms. The molecule has 18 heavy (non-hydrogen) atoms. The van der Waals surface area contributed by atoms with E-state index in [0.717, 1.165) is 0 Å². The molecule has 0 amide bonds. The van der Waals surface area contributed by atoms with Crippen molar-refractivity contribution in [2.75, 3.05) is 5.88 Å². The predicted octanol–water partition coefficient (Wildman–Crippen LogP) is 2.67. The Hall–Kier alpha value is -1.55. The van der Waals surface area contributed by atoms with E-state index in [-0.39, 0.29) is 11.7 Å². The fourth-order valence-electron chi connectivity index (χ4n) is 1.86. The lowest BCUT2D eigenvalue weighted by Gasteiger charge is -2.05. The van der Waals surface area contributed by atoms with Crippen LogP contribution >= 0.6 is 11.6 Å². The van der Waals surface area contributed by atoms with Gasteiger partial charge in [0.15, 0.2) is 11.4 Å². The highest BCUT2D eigenvalue weighted by Gasteiger charge is 2.13. The Kier molecular flexibility index (Phi) is 3.57. The topological polar surface area (TPSA) is 52.2 Å². The lowest BCUT2D eigenvalue weighted by Crippen LogP contribution is -2.17. The van der Waals surface area contributed by atoms with E-state index in [1.165, 1.54) is 0 Å². The summed E-state index contributed by atoms with van der Waals surface area (Å²) in [6, 6.07) is 4.96. The van der Waals surface area contributed by atoms with Gasteiger partial charge in [-0.1, -0.05) is 13.8 Å². The highest BCUT2D eigenvalue weighted by Crippen LogP contribution is 2.17. The highest BCUT2D eigenvalue weighted by atomic mass is 35.5. The van der Waals surface area contributed by atoms with Crippen LogP contribution in [0.3, 0.4) is 0 Å². The first-order chi connectivity index (χ1) is 8.52. The molecule has 0 unspecified atom stereocenters. The van der Waals surface area contributed by atoms with E-state index < -0.39 is 5.76 Å². The Morgan fingerprint density at radius 2 is 2.17 bits per heavy atom. The molecule has 0 radical (unpaired) electrons. The van der Waals surface area contributed by atoms with E-state index >= 15 is 0 Å². The average Bonchev–Trinajstić information content (AvgIpc) is 2.63. The van der Waals surface area contributed by atoms with Gasteiger partial charge in [-0.2, -0.15) is 0 Å². The third kappa shape index (κ3) is 2.34. The maximum absolute atomic E-state index is 11.7. The Bertz CT molecular complexity index is 639. The van der Waals surface area contributed by atoms with Gasteiger partial charge < -0.3 is 4.42 Å². The lowest BCUT2D eigenvalue weighted by atomic mass is 10.1. The number of carbonyl (C=O) groups excluding carboxylic acids is 1. The number of rotatable bonds is 4. The number of halogens is 1. The van der Waals surface area contributed by atoms with E-state index in [9.17, 15) is 9.59 Å². The molecule has 2 aromatic rings. The molecule has 0 saturated carbocycles. The van der Waals surface area contributed by atoms with Crippen molar-refractivity contribution in [2.45, 2.75) is 20.4 Å². The minimum Gasteiger partial charge on any atom is -0.408 e. The zero-order valence-electron chi connectivity index (χ0n) is 10.3. The third-order valence-electron chi connectivity index (χ3n) is 2.66. The van der Waals surface area contributed by atoms with Crippen LogP contribution in [0.5, 0.6) is 0 Å². The van der Waals surface area contributed by atoms with Crippen molar-refractivity contribution in [3.05, 3.63) is 34.3 Å². The van der Waals surface area contributed by atoms with E-state index in [1.54, 1.807) is 22.8 Å².